The van der Waals surface area contributed by atoms with Crippen molar-refractivity contribution >= 4 is 51.6 Å². The predicted octanol–water partition coefficient (Wildman–Crippen LogP) is 5.46. The van der Waals surface area contributed by atoms with Crippen LogP contribution in [0.15, 0.2) is 62.3 Å². The molecule has 1 aliphatic heterocycles. The number of aliphatic hydroxyl groups excluding tert-OH is 1. The highest BCUT2D eigenvalue weighted by atomic mass is 35.5. The van der Waals surface area contributed by atoms with Crippen LogP contribution in [0.4, 0.5) is 4.79 Å². The molecule has 7 nitrogen and oxygen atoms in total. The van der Waals surface area contributed by atoms with E-state index in [-0.39, 0.29) is 0 Å². The van der Waals surface area contributed by atoms with Crippen LogP contribution in [-0.2, 0) is 4.79 Å². The van der Waals surface area contributed by atoms with Gasteiger partial charge in [0.2, 0.25) is 5.89 Å². The van der Waals surface area contributed by atoms with Gasteiger partial charge in [-0.1, -0.05) is 17.7 Å². The monoisotopic (exact) mass is 466 g/mol. The minimum absolute atomic E-state index is 0.312. The molecular formula is C23H15ClN2O5S. The number of furan rings is 1. The molecular weight excluding hydrogens is 452 g/mol. The van der Waals surface area contributed by atoms with Crippen LogP contribution in [0.5, 0.6) is 0 Å². The zero-order chi connectivity index (χ0) is 22.4. The number of aliphatic hydroxyl groups is 1. The fraction of sp³-hybridized carbons (Fsp3) is 0.0870. The lowest BCUT2D eigenvalue weighted by Gasteiger charge is -2.03. The van der Waals surface area contributed by atoms with Gasteiger partial charge in [-0.15, -0.1) is 0 Å². The topological polar surface area (TPSA) is 106 Å². The Bertz CT molecular complexity index is 1400. The van der Waals surface area contributed by atoms with Crippen LogP contribution in [0.2, 0.25) is 5.02 Å². The number of imide groups is 1. The summed E-state index contributed by atoms with van der Waals surface area (Å²) in [7, 11) is 0. The Morgan fingerprint density at radius 3 is 2.62 bits per heavy atom. The summed E-state index contributed by atoms with van der Waals surface area (Å²) in [6, 6.07) is 14.1. The van der Waals surface area contributed by atoms with E-state index < -0.39 is 17.3 Å². The van der Waals surface area contributed by atoms with Crippen molar-refractivity contribution in [3.63, 3.8) is 0 Å². The normalized spacial score (nSPS) is 16.2. The van der Waals surface area contributed by atoms with Gasteiger partial charge in [-0.05, 0) is 72.8 Å². The third-order valence-corrected chi connectivity index (χ3v) is 6.01. The summed E-state index contributed by atoms with van der Waals surface area (Å²) in [5.74, 6) is 0.746. The summed E-state index contributed by atoms with van der Waals surface area (Å²) in [6.07, 6.45) is 0.510. The van der Waals surface area contributed by atoms with Gasteiger partial charge in [0.15, 0.2) is 6.10 Å². The molecule has 0 saturated carbocycles. The van der Waals surface area contributed by atoms with Crippen molar-refractivity contribution in [3.05, 3.63) is 81.2 Å². The van der Waals surface area contributed by atoms with Crippen LogP contribution >= 0.6 is 23.4 Å². The molecule has 3 heterocycles. The summed E-state index contributed by atoms with van der Waals surface area (Å²) in [4.78, 5) is 27.9. The molecule has 1 aliphatic rings. The van der Waals surface area contributed by atoms with Crippen LogP contribution < -0.4 is 5.32 Å². The lowest BCUT2D eigenvalue weighted by Crippen LogP contribution is -2.17. The molecule has 0 spiro atoms. The van der Waals surface area contributed by atoms with Crippen LogP contribution in [0.1, 0.15) is 28.9 Å². The first-order valence-corrected chi connectivity index (χ1v) is 10.8. The molecule has 9 heteroatoms. The number of hydrogen-bond donors (Lipinski definition) is 2. The summed E-state index contributed by atoms with van der Waals surface area (Å²) < 4.78 is 11.6. The number of halogens is 1. The summed E-state index contributed by atoms with van der Waals surface area (Å²) in [5.41, 5.74) is 2.40. The van der Waals surface area contributed by atoms with E-state index in [9.17, 15) is 14.7 Å². The second-order valence-electron chi connectivity index (χ2n) is 7.17. The first-order chi connectivity index (χ1) is 15.4. The largest absolute Gasteiger partial charge is 0.458 e. The number of rotatable bonds is 4. The highest BCUT2D eigenvalue weighted by molar-refractivity contribution is 8.18. The lowest BCUT2D eigenvalue weighted by atomic mass is 10.1. The quantitative estimate of drug-likeness (QED) is 0.385. The number of hydrogen-bond acceptors (Lipinski definition) is 7. The van der Waals surface area contributed by atoms with Crippen molar-refractivity contribution in [2.45, 2.75) is 13.0 Å². The van der Waals surface area contributed by atoms with E-state index in [1.54, 1.807) is 55.5 Å². The molecule has 1 unspecified atom stereocenters. The highest BCUT2D eigenvalue weighted by Crippen LogP contribution is 2.33. The van der Waals surface area contributed by atoms with Crippen molar-refractivity contribution in [1.29, 1.82) is 0 Å². The van der Waals surface area contributed by atoms with Gasteiger partial charge in [0.1, 0.15) is 22.8 Å². The Labute approximate surface area is 191 Å². The molecule has 0 bridgehead atoms. The van der Waals surface area contributed by atoms with E-state index >= 15 is 0 Å². The molecule has 0 radical (unpaired) electrons. The second-order valence-corrected chi connectivity index (χ2v) is 8.62. The molecule has 5 rings (SSSR count). The number of nitrogens with one attached hydrogen (secondary N) is 1. The van der Waals surface area contributed by atoms with Gasteiger partial charge in [-0.3, -0.25) is 14.9 Å². The maximum Gasteiger partial charge on any atom is 0.290 e. The van der Waals surface area contributed by atoms with E-state index in [1.807, 2.05) is 6.07 Å². The maximum atomic E-state index is 11.8. The third kappa shape index (κ3) is 3.84. The van der Waals surface area contributed by atoms with Crippen LogP contribution in [0, 0.1) is 6.92 Å². The molecule has 1 fully saturated rings. The number of aromatic nitrogens is 1. The summed E-state index contributed by atoms with van der Waals surface area (Å²) in [6.45, 7) is 1.73. The molecule has 1 atom stereocenters. The minimum atomic E-state index is -1.12. The number of nitrogens with zero attached hydrogens (tertiary/aromatic N) is 1. The Balaban J connectivity index is 1.45. The van der Waals surface area contributed by atoms with Crippen LogP contribution in [0.25, 0.3) is 28.5 Å². The SMILES string of the molecule is Cc1oc(-c2ccc(Cl)cc2)nc1C(O)c1cc2cc(/C=C3\SC(=O)NC3=O)ccc2o1. The van der Waals surface area contributed by atoms with Crippen molar-refractivity contribution in [3.8, 4) is 11.5 Å². The Kier molecular flexibility index (Phi) is 5.13. The predicted molar refractivity (Wildman–Crippen MR) is 121 cm³/mol. The molecule has 2 aromatic carbocycles. The van der Waals surface area contributed by atoms with Gasteiger partial charge in [0.25, 0.3) is 11.1 Å². The van der Waals surface area contributed by atoms with Crippen LogP contribution in [0.3, 0.4) is 0 Å². The number of benzene rings is 2. The second kappa shape index (κ2) is 7.98. The van der Waals surface area contributed by atoms with Crippen molar-refractivity contribution in [2.24, 2.45) is 0 Å². The number of fused-ring (bicyclic) bond motifs is 1. The highest BCUT2D eigenvalue weighted by Gasteiger charge is 2.26. The molecule has 2 aromatic heterocycles. The van der Waals surface area contributed by atoms with E-state index in [1.165, 1.54) is 0 Å². The van der Waals surface area contributed by atoms with Gasteiger partial charge in [-0.2, -0.15) is 0 Å². The van der Waals surface area contributed by atoms with Gasteiger partial charge in [0.05, 0.1) is 4.91 Å². The summed E-state index contributed by atoms with van der Waals surface area (Å²) >= 11 is 6.79. The number of aryl methyl sites for hydroxylation is 1. The number of oxazole rings is 1. The average Bonchev–Trinajstić information content (AvgIpc) is 3.44. The van der Waals surface area contributed by atoms with Crippen molar-refractivity contribution < 1.29 is 23.5 Å². The molecule has 2 amide bonds. The van der Waals surface area contributed by atoms with Crippen molar-refractivity contribution in [1.82, 2.24) is 10.3 Å². The van der Waals surface area contributed by atoms with Gasteiger partial charge < -0.3 is 13.9 Å². The Hall–Kier alpha value is -3.33. The first kappa shape index (κ1) is 20.6. The molecule has 160 valence electrons. The first-order valence-electron chi connectivity index (χ1n) is 9.57. The van der Waals surface area contributed by atoms with E-state index in [0.717, 1.165) is 28.3 Å². The fourth-order valence-corrected chi connectivity index (χ4v) is 4.20. The van der Waals surface area contributed by atoms with Crippen molar-refractivity contribution in [2.75, 3.05) is 0 Å². The van der Waals surface area contributed by atoms with Gasteiger partial charge >= 0.3 is 0 Å². The molecule has 4 aromatic rings. The number of thioether (sulfide) groups is 1. The van der Waals surface area contributed by atoms with E-state index in [0.29, 0.717) is 38.6 Å². The van der Waals surface area contributed by atoms with E-state index in [4.69, 9.17) is 20.4 Å². The number of amides is 2. The smallest absolute Gasteiger partial charge is 0.290 e. The Morgan fingerprint density at radius 1 is 1.12 bits per heavy atom. The Morgan fingerprint density at radius 2 is 1.91 bits per heavy atom. The van der Waals surface area contributed by atoms with Gasteiger partial charge in [0, 0.05) is 16.0 Å². The molecule has 1 saturated heterocycles. The lowest BCUT2D eigenvalue weighted by molar-refractivity contribution is -0.115. The van der Waals surface area contributed by atoms with Gasteiger partial charge in [-0.25, -0.2) is 4.98 Å². The fourth-order valence-electron chi connectivity index (χ4n) is 3.39. The molecule has 0 aliphatic carbocycles. The molecule has 32 heavy (non-hydrogen) atoms. The maximum absolute atomic E-state index is 11.8. The number of carbonyl (C=O) groups excluding carboxylic acids is 2. The third-order valence-electron chi connectivity index (χ3n) is 4.95. The zero-order valence-corrected chi connectivity index (χ0v) is 18.2. The molecule has 2 N–H and O–H groups in total. The van der Waals surface area contributed by atoms with Crippen LogP contribution in [-0.4, -0.2) is 21.2 Å². The zero-order valence-electron chi connectivity index (χ0n) is 16.6. The minimum Gasteiger partial charge on any atom is -0.458 e. The summed E-state index contributed by atoms with van der Waals surface area (Å²) in [5, 5.41) is 14.1. The standard InChI is InChI=1S/C23H15ClN2O5S/c1-11-19(25-22(30-11)13-3-5-15(24)6-4-13)20(27)17-10-14-8-12(2-7-16(14)31-17)9-18-21(28)26-23(29)32-18/h2-10,20,27H,1H3,(H,26,28,29)/b18-9-. The average molecular weight is 467 g/mol. The van der Waals surface area contributed by atoms with E-state index in [2.05, 4.69) is 10.3 Å². The number of carbonyl (C=O) groups is 2.